The monoisotopic (exact) mass is 429 g/mol. The predicted octanol–water partition coefficient (Wildman–Crippen LogP) is 3.43. The molecule has 0 atom stereocenters. The average molecular weight is 429 g/mol. The number of rotatable bonds is 5. The summed E-state index contributed by atoms with van der Waals surface area (Å²) < 4.78 is 11.2. The van der Waals surface area contributed by atoms with Gasteiger partial charge in [-0.3, -0.25) is 9.59 Å². The Morgan fingerprint density at radius 3 is 2.38 bits per heavy atom. The summed E-state index contributed by atoms with van der Waals surface area (Å²) in [7, 11) is 2.79. The molecule has 4 rings (SSSR count). The number of ether oxygens (including phenoxy) is 2. The Labute approximate surface area is 183 Å². The minimum atomic E-state index is -0.583. The van der Waals surface area contributed by atoms with E-state index >= 15 is 0 Å². The van der Waals surface area contributed by atoms with Crippen LogP contribution in [0.2, 0.25) is 0 Å². The molecule has 0 saturated carbocycles. The third-order valence-electron chi connectivity index (χ3n) is 4.90. The molecule has 0 bridgehead atoms. The quantitative estimate of drug-likeness (QED) is 0.488. The normalized spacial score (nSPS) is 10.6. The lowest BCUT2D eigenvalue weighted by Gasteiger charge is -2.13. The molecule has 4 aromatic rings. The van der Waals surface area contributed by atoms with Crippen molar-refractivity contribution in [3.8, 4) is 11.4 Å². The highest BCUT2D eigenvalue weighted by Gasteiger charge is 2.20. The van der Waals surface area contributed by atoms with E-state index in [1.807, 2.05) is 0 Å². The van der Waals surface area contributed by atoms with E-state index in [4.69, 9.17) is 9.47 Å². The van der Waals surface area contributed by atoms with E-state index in [-0.39, 0.29) is 22.5 Å². The molecule has 0 saturated heterocycles. The summed E-state index contributed by atoms with van der Waals surface area (Å²) in [5.41, 5.74) is 0.579. The molecule has 1 amide bonds. The molecule has 0 aliphatic rings. The van der Waals surface area contributed by atoms with Gasteiger partial charge in [-0.15, -0.1) is 0 Å². The van der Waals surface area contributed by atoms with Crippen LogP contribution in [-0.2, 0) is 4.74 Å². The van der Waals surface area contributed by atoms with Crippen molar-refractivity contribution in [3.63, 3.8) is 0 Å². The topological polar surface area (TPSA) is 99.5 Å². The Kier molecular flexibility index (Phi) is 5.67. The van der Waals surface area contributed by atoms with Gasteiger partial charge in [0.05, 0.1) is 36.5 Å². The van der Waals surface area contributed by atoms with Crippen molar-refractivity contribution in [1.82, 2.24) is 9.78 Å². The highest BCUT2D eigenvalue weighted by Crippen LogP contribution is 2.21. The highest BCUT2D eigenvalue weighted by molar-refractivity contribution is 6.13. The number of hydrogen-bond donors (Lipinski definition) is 1. The Morgan fingerprint density at radius 1 is 0.906 bits per heavy atom. The van der Waals surface area contributed by atoms with Crippen molar-refractivity contribution in [1.29, 1.82) is 0 Å². The molecule has 0 radical (unpaired) electrons. The van der Waals surface area contributed by atoms with Gasteiger partial charge in [0.15, 0.2) is 5.69 Å². The van der Waals surface area contributed by atoms with Crippen LogP contribution in [0, 0.1) is 0 Å². The minimum absolute atomic E-state index is 0.0303. The first kappa shape index (κ1) is 20.8. The van der Waals surface area contributed by atoms with E-state index in [1.165, 1.54) is 14.2 Å². The lowest BCUT2D eigenvalue weighted by Crippen LogP contribution is -2.27. The second-order valence-electron chi connectivity index (χ2n) is 6.80. The second-order valence-corrected chi connectivity index (χ2v) is 6.80. The lowest BCUT2D eigenvalue weighted by atomic mass is 10.1. The Hall–Kier alpha value is -4.46. The summed E-state index contributed by atoms with van der Waals surface area (Å²) in [6.07, 6.45) is 0. The van der Waals surface area contributed by atoms with Crippen molar-refractivity contribution in [3.05, 3.63) is 94.4 Å². The van der Waals surface area contributed by atoms with Gasteiger partial charge in [0, 0.05) is 11.5 Å². The fourth-order valence-electron chi connectivity index (χ4n) is 3.34. The molecule has 0 spiro atoms. The number of amides is 1. The maximum absolute atomic E-state index is 13.2. The van der Waals surface area contributed by atoms with Crippen molar-refractivity contribution in [2.75, 3.05) is 19.5 Å². The van der Waals surface area contributed by atoms with Crippen LogP contribution in [0.25, 0.3) is 16.5 Å². The maximum Gasteiger partial charge on any atom is 0.339 e. The van der Waals surface area contributed by atoms with Gasteiger partial charge in [-0.1, -0.05) is 36.4 Å². The van der Waals surface area contributed by atoms with Crippen molar-refractivity contribution in [2.45, 2.75) is 0 Å². The summed E-state index contributed by atoms with van der Waals surface area (Å²) in [6.45, 7) is 0. The Morgan fingerprint density at radius 2 is 1.62 bits per heavy atom. The van der Waals surface area contributed by atoms with Gasteiger partial charge >= 0.3 is 5.97 Å². The molecule has 1 heterocycles. The average Bonchev–Trinajstić information content (AvgIpc) is 2.84. The minimum Gasteiger partial charge on any atom is -0.497 e. The summed E-state index contributed by atoms with van der Waals surface area (Å²) in [4.78, 5) is 38.4. The number of anilines is 1. The number of para-hydroxylation sites is 1. The summed E-state index contributed by atoms with van der Waals surface area (Å²) in [5.74, 6) is -0.614. The summed E-state index contributed by atoms with van der Waals surface area (Å²) in [5, 5.41) is 7.79. The smallest absolute Gasteiger partial charge is 0.339 e. The molecule has 3 aromatic carbocycles. The van der Waals surface area contributed by atoms with Gasteiger partial charge in [0.25, 0.3) is 11.5 Å². The highest BCUT2D eigenvalue weighted by atomic mass is 16.5. The molecule has 1 N–H and O–H groups in total. The first-order chi connectivity index (χ1) is 15.5. The lowest BCUT2D eigenvalue weighted by molar-refractivity contribution is 0.0602. The number of carbonyl (C=O) groups excluding carboxylic acids is 2. The number of esters is 1. The van der Waals surface area contributed by atoms with Crippen LogP contribution in [0.3, 0.4) is 0 Å². The zero-order valence-electron chi connectivity index (χ0n) is 17.4. The third kappa shape index (κ3) is 3.81. The molecular weight excluding hydrogens is 410 g/mol. The van der Waals surface area contributed by atoms with Gasteiger partial charge in [0.1, 0.15) is 5.75 Å². The third-order valence-corrected chi connectivity index (χ3v) is 4.90. The molecule has 8 nitrogen and oxygen atoms in total. The van der Waals surface area contributed by atoms with E-state index in [1.54, 1.807) is 72.8 Å². The van der Waals surface area contributed by atoms with Gasteiger partial charge in [-0.25, -0.2) is 4.79 Å². The van der Waals surface area contributed by atoms with E-state index in [2.05, 4.69) is 10.4 Å². The number of aromatic nitrogens is 2. The van der Waals surface area contributed by atoms with Crippen LogP contribution in [0.1, 0.15) is 20.8 Å². The van der Waals surface area contributed by atoms with Gasteiger partial charge in [-0.2, -0.15) is 9.78 Å². The standard InChI is InChI=1S/C24H19N3O5/c1-31-16-9-7-8-15(14-16)27-23(29)18-11-4-3-10-17(18)21(26-27)22(28)25-20-13-6-5-12-19(20)24(30)32-2/h3-14H,1-2H3,(H,25,28). The van der Waals surface area contributed by atoms with Crippen molar-refractivity contribution in [2.24, 2.45) is 0 Å². The number of nitrogens with zero attached hydrogens (tertiary/aromatic N) is 2. The number of fused-ring (bicyclic) bond motifs is 1. The number of benzene rings is 3. The Bertz CT molecular complexity index is 1390. The van der Waals surface area contributed by atoms with Gasteiger partial charge in [0.2, 0.25) is 0 Å². The van der Waals surface area contributed by atoms with Crippen molar-refractivity contribution >= 4 is 28.3 Å². The van der Waals surface area contributed by atoms with Crippen LogP contribution in [-0.4, -0.2) is 35.9 Å². The molecule has 0 aliphatic carbocycles. The van der Waals surface area contributed by atoms with Gasteiger partial charge in [-0.05, 0) is 30.3 Å². The number of nitrogens with one attached hydrogen (secondary N) is 1. The van der Waals surface area contributed by atoms with E-state index in [0.717, 1.165) is 4.68 Å². The zero-order chi connectivity index (χ0) is 22.7. The molecule has 0 unspecified atom stereocenters. The molecular formula is C24H19N3O5. The maximum atomic E-state index is 13.2. The molecule has 32 heavy (non-hydrogen) atoms. The van der Waals surface area contributed by atoms with Gasteiger partial charge < -0.3 is 14.8 Å². The number of carbonyl (C=O) groups is 2. The predicted molar refractivity (Wildman–Crippen MR) is 120 cm³/mol. The Balaban J connectivity index is 1.86. The second kappa shape index (κ2) is 8.73. The fraction of sp³-hybridized carbons (Fsp3) is 0.0833. The zero-order valence-corrected chi connectivity index (χ0v) is 17.4. The molecule has 1 aromatic heterocycles. The van der Waals surface area contributed by atoms with E-state index in [9.17, 15) is 14.4 Å². The molecule has 0 aliphatic heterocycles. The van der Waals surface area contributed by atoms with Crippen molar-refractivity contribution < 1.29 is 19.1 Å². The van der Waals surface area contributed by atoms with E-state index in [0.29, 0.717) is 22.2 Å². The molecule has 8 heteroatoms. The molecule has 160 valence electrons. The van der Waals surface area contributed by atoms with Crippen LogP contribution < -0.4 is 15.6 Å². The summed E-state index contributed by atoms with van der Waals surface area (Å²) in [6, 6.07) is 20.0. The number of methoxy groups -OCH3 is 2. The van der Waals surface area contributed by atoms with Crippen LogP contribution >= 0.6 is 0 Å². The largest absolute Gasteiger partial charge is 0.497 e. The van der Waals surface area contributed by atoms with Crippen LogP contribution in [0.5, 0.6) is 5.75 Å². The number of hydrogen-bond acceptors (Lipinski definition) is 6. The first-order valence-electron chi connectivity index (χ1n) is 9.68. The van der Waals surface area contributed by atoms with Crippen LogP contribution in [0.4, 0.5) is 5.69 Å². The SMILES string of the molecule is COC(=O)c1ccccc1NC(=O)c1nn(-c2cccc(OC)c2)c(=O)c2ccccc12. The first-order valence-corrected chi connectivity index (χ1v) is 9.68. The molecule has 0 fully saturated rings. The van der Waals surface area contributed by atoms with Crippen LogP contribution in [0.15, 0.2) is 77.6 Å². The summed E-state index contributed by atoms with van der Waals surface area (Å²) >= 11 is 0. The fourth-order valence-corrected chi connectivity index (χ4v) is 3.34. The van der Waals surface area contributed by atoms with E-state index < -0.39 is 11.9 Å².